The Morgan fingerprint density at radius 3 is 2.53 bits per heavy atom. The molecule has 1 fully saturated rings. The van der Waals surface area contributed by atoms with Crippen molar-refractivity contribution in [1.82, 2.24) is 5.32 Å². The first-order valence-electron chi connectivity index (χ1n) is 5.56. The van der Waals surface area contributed by atoms with E-state index in [1.807, 2.05) is 0 Å². The minimum atomic E-state index is -3.21. The molecule has 0 bridgehead atoms. The molecule has 93 valence electrons. The zero-order valence-electron chi connectivity index (χ0n) is 9.40. The molecule has 2 unspecified atom stereocenters. The van der Waals surface area contributed by atoms with Gasteiger partial charge in [-0.25, -0.2) is 8.42 Å². The Morgan fingerprint density at radius 2 is 1.94 bits per heavy atom. The lowest BCUT2D eigenvalue weighted by Crippen LogP contribution is -2.41. The van der Waals surface area contributed by atoms with Crippen molar-refractivity contribution in [2.45, 2.75) is 29.0 Å². The van der Waals surface area contributed by atoms with E-state index in [4.69, 9.17) is 0 Å². The topological polar surface area (TPSA) is 46.2 Å². The van der Waals surface area contributed by atoms with Gasteiger partial charge in [-0.2, -0.15) is 0 Å². The molecule has 2 rings (SSSR count). The number of hydrogen-bond donors (Lipinski definition) is 1. The summed E-state index contributed by atoms with van der Waals surface area (Å²) in [5.41, 5.74) is 0. The average molecular weight is 317 g/mol. The lowest BCUT2D eigenvalue weighted by Gasteiger charge is -2.27. The summed E-state index contributed by atoms with van der Waals surface area (Å²) in [6.45, 7) is 4.60. The normalized spacial score (nSPS) is 25.8. The van der Waals surface area contributed by atoms with E-state index in [-0.39, 0.29) is 11.3 Å². The first-order valence-corrected chi connectivity index (χ1v) is 7.90. The van der Waals surface area contributed by atoms with Gasteiger partial charge in [0.1, 0.15) is 0 Å². The van der Waals surface area contributed by atoms with Gasteiger partial charge in [-0.3, -0.25) is 0 Å². The van der Waals surface area contributed by atoms with Gasteiger partial charge < -0.3 is 5.32 Å². The Kier molecular flexibility index (Phi) is 3.90. The molecule has 1 aliphatic heterocycles. The minimum absolute atomic E-state index is 0.0268. The van der Waals surface area contributed by atoms with Crippen LogP contribution in [0.2, 0.25) is 0 Å². The molecule has 0 amide bonds. The van der Waals surface area contributed by atoms with E-state index in [0.29, 0.717) is 24.3 Å². The highest BCUT2D eigenvalue weighted by Crippen LogP contribution is 2.25. The minimum Gasteiger partial charge on any atom is -0.314 e. The first-order chi connectivity index (χ1) is 8.00. The van der Waals surface area contributed by atoms with E-state index in [2.05, 4.69) is 28.2 Å². The molecule has 0 spiro atoms. The van der Waals surface area contributed by atoms with Gasteiger partial charge in [-0.05, 0) is 50.6 Å². The van der Waals surface area contributed by atoms with Crippen LogP contribution in [-0.4, -0.2) is 26.3 Å². The number of halogens is 1. The molecule has 1 aromatic carbocycles. The number of hydrogen-bond acceptors (Lipinski definition) is 3. The SMILES string of the molecule is [CH2]C1CC(S(=O)(=O)c2ccc(Br)cc2)CCN1. The number of rotatable bonds is 2. The van der Waals surface area contributed by atoms with Crippen LogP contribution in [0.25, 0.3) is 0 Å². The summed E-state index contributed by atoms with van der Waals surface area (Å²) >= 11 is 3.30. The maximum absolute atomic E-state index is 12.4. The second-order valence-corrected chi connectivity index (χ2v) is 7.44. The highest BCUT2D eigenvalue weighted by atomic mass is 79.9. The number of piperidine rings is 1. The van der Waals surface area contributed by atoms with Crippen molar-refractivity contribution < 1.29 is 8.42 Å². The molecular weight excluding hydrogens is 302 g/mol. The van der Waals surface area contributed by atoms with Crippen LogP contribution in [0.1, 0.15) is 12.8 Å². The first kappa shape index (κ1) is 13.1. The van der Waals surface area contributed by atoms with Crippen molar-refractivity contribution in [1.29, 1.82) is 0 Å². The Morgan fingerprint density at radius 1 is 1.29 bits per heavy atom. The quantitative estimate of drug-likeness (QED) is 0.909. The van der Waals surface area contributed by atoms with E-state index in [1.165, 1.54) is 0 Å². The lowest BCUT2D eigenvalue weighted by molar-refractivity contribution is 0.442. The smallest absolute Gasteiger partial charge is 0.181 e. The predicted octanol–water partition coefficient (Wildman–Crippen LogP) is 2.18. The zero-order valence-corrected chi connectivity index (χ0v) is 11.8. The molecular formula is C12H15BrNO2S. The van der Waals surface area contributed by atoms with E-state index < -0.39 is 9.84 Å². The van der Waals surface area contributed by atoms with Crippen LogP contribution >= 0.6 is 15.9 Å². The second kappa shape index (κ2) is 5.08. The van der Waals surface area contributed by atoms with Crippen LogP contribution in [0.15, 0.2) is 33.6 Å². The third-order valence-electron chi connectivity index (χ3n) is 3.03. The maximum Gasteiger partial charge on any atom is 0.181 e. The highest BCUT2D eigenvalue weighted by Gasteiger charge is 2.31. The molecule has 1 saturated heterocycles. The molecule has 0 saturated carbocycles. The van der Waals surface area contributed by atoms with Gasteiger partial charge in [0.15, 0.2) is 9.84 Å². The summed E-state index contributed by atoms with van der Waals surface area (Å²) in [5.74, 6) is 0. The molecule has 17 heavy (non-hydrogen) atoms. The van der Waals surface area contributed by atoms with Gasteiger partial charge >= 0.3 is 0 Å². The summed E-state index contributed by atoms with van der Waals surface area (Å²) in [6, 6.07) is 6.85. The van der Waals surface area contributed by atoms with Crippen molar-refractivity contribution in [2.75, 3.05) is 6.54 Å². The van der Waals surface area contributed by atoms with Crippen molar-refractivity contribution in [3.8, 4) is 0 Å². The number of benzene rings is 1. The fourth-order valence-corrected chi connectivity index (χ4v) is 4.14. The van der Waals surface area contributed by atoms with Crippen LogP contribution in [-0.2, 0) is 9.84 Å². The predicted molar refractivity (Wildman–Crippen MR) is 71.5 cm³/mol. The molecule has 3 nitrogen and oxygen atoms in total. The van der Waals surface area contributed by atoms with Crippen LogP contribution in [0.4, 0.5) is 0 Å². The largest absolute Gasteiger partial charge is 0.314 e. The van der Waals surface area contributed by atoms with E-state index in [1.54, 1.807) is 24.3 Å². The fraction of sp³-hybridized carbons (Fsp3) is 0.417. The van der Waals surface area contributed by atoms with Crippen LogP contribution in [0.5, 0.6) is 0 Å². The van der Waals surface area contributed by atoms with Crippen LogP contribution < -0.4 is 5.32 Å². The Bertz CT molecular complexity index is 484. The Labute approximate surface area is 111 Å². The molecule has 0 aliphatic carbocycles. The molecule has 5 heteroatoms. The number of sulfone groups is 1. The fourth-order valence-electron chi connectivity index (χ4n) is 2.07. The standard InChI is InChI=1S/C12H15BrNO2S/c1-9-8-12(6-7-14-9)17(15,16)11-4-2-10(13)3-5-11/h2-5,9,12,14H,1,6-8H2. The highest BCUT2D eigenvalue weighted by molar-refractivity contribution is 9.10. The summed E-state index contributed by atoms with van der Waals surface area (Å²) in [6.07, 6.45) is 1.24. The zero-order chi connectivity index (χ0) is 12.5. The van der Waals surface area contributed by atoms with Gasteiger partial charge in [-0.1, -0.05) is 15.9 Å². The average Bonchev–Trinajstić information content (AvgIpc) is 2.29. The van der Waals surface area contributed by atoms with Gasteiger partial charge in [-0.15, -0.1) is 0 Å². The van der Waals surface area contributed by atoms with Crippen molar-refractivity contribution in [3.63, 3.8) is 0 Å². The molecule has 1 heterocycles. The lowest BCUT2D eigenvalue weighted by atomic mass is 10.1. The van der Waals surface area contributed by atoms with E-state index in [0.717, 1.165) is 4.47 Å². The van der Waals surface area contributed by atoms with Crippen LogP contribution in [0.3, 0.4) is 0 Å². The third-order valence-corrected chi connectivity index (χ3v) is 5.79. The molecule has 2 atom stereocenters. The van der Waals surface area contributed by atoms with Gasteiger partial charge in [0.05, 0.1) is 10.1 Å². The molecule has 0 aromatic heterocycles. The van der Waals surface area contributed by atoms with E-state index >= 15 is 0 Å². The van der Waals surface area contributed by atoms with Crippen LogP contribution in [0, 0.1) is 6.92 Å². The third kappa shape index (κ3) is 2.89. The van der Waals surface area contributed by atoms with Crippen molar-refractivity contribution in [3.05, 3.63) is 35.7 Å². The van der Waals surface area contributed by atoms with Gasteiger partial charge in [0.25, 0.3) is 0 Å². The van der Waals surface area contributed by atoms with Gasteiger partial charge in [0, 0.05) is 10.5 Å². The molecule has 1 aliphatic rings. The van der Waals surface area contributed by atoms with Crippen molar-refractivity contribution in [2.24, 2.45) is 0 Å². The van der Waals surface area contributed by atoms with Crippen molar-refractivity contribution >= 4 is 25.8 Å². The molecule has 1 N–H and O–H groups in total. The molecule has 1 radical (unpaired) electrons. The summed E-state index contributed by atoms with van der Waals surface area (Å²) in [4.78, 5) is 0.403. The molecule has 1 aromatic rings. The monoisotopic (exact) mass is 316 g/mol. The summed E-state index contributed by atoms with van der Waals surface area (Å²) in [5, 5.41) is 2.85. The Hall–Kier alpha value is -0.390. The summed E-state index contributed by atoms with van der Waals surface area (Å²) < 4.78 is 25.6. The number of nitrogens with one attached hydrogen (secondary N) is 1. The maximum atomic E-state index is 12.4. The summed E-state index contributed by atoms with van der Waals surface area (Å²) in [7, 11) is -3.21. The van der Waals surface area contributed by atoms with E-state index in [9.17, 15) is 8.42 Å². The van der Waals surface area contributed by atoms with Gasteiger partial charge in [0.2, 0.25) is 0 Å². The second-order valence-electron chi connectivity index (χ2n) is 4.30. The Balaban J connectivity index is 2.26.